The molecular weight excluding hydrogens is 356 g/mol. The van der Waals surface area contributed by atoms with Gasteiger partial charge in [0.1, 0.15) is 0 Å². The van der Waals surface area contributed by atoms with Crippen LogP contribution in [0.2, 0.25) is 0 Å². The van der Waals surface area contributed by atoms with Crippen molar-refractivity contribution in [3.05, 3.63) is 36.1 Å². The predicted molar refractivity (Wildman–Crippen MR) is 99.6 cm³/mol. The van der Waals surface area contributed by atoms with Crippen LogP contribution in [0.4, 0.5) is 5.13 Å². The number of carbonyl (C=O) groups is 1. The Balaban J connectivity index is 1.74. The summed E-state index contributed by atoms with van der Waals surface area (Å²) in [6.07, 6.45) is 5.13. The molecule has 9 heteroatoms. The first-order chi connectivity index (χ1) is 12.1. The lowest BCUT2D eigenvalue weighted by Crippen LogP contribution is -2.15. The summed E-state index contributed by atoms with van der Waals surface area (Å²) in [6, 6.07) is 3.81. The van der Waals surface area contributed by atoms with E-state index < -0.39 is 0 Å². The number of nitrogens with zero attached hydrogens (tertiary/aromatic N) is 5. The SMILES string of the molecule is CC(C)Cn1c(SCC(=O)Nc2nccs2)nnc1-c1ccncc1. The molecule has 0 saturated heterocycles. The van der Waals surface area contributed by atoms with E-state index in [4.69, 9.17) is 0 Å². The maximum absolute atomic E-state index is 12.1. The van der Waals surface area contributed by atoms with Gasteiger partial charge >= 0.3 is 0 Å². The molecule has 1 amide bonds. The number of nitrogens with one attached hydrogen (secondary N) is 1. The maximum atomic E-state index is 12.1. The van der Waals surface area contributed by atoms with Gasteiger partial charge in [0, 0.05) is 36.1 Å². The van der Waals surface area contributed by atoms with Crippen molar-refractivity contribution in [2.75, 3.05) is 11.1 Å². The summed E-state index contributed by atoms with van der Waals surface area (Å²) in [5.74, 6) is 1.37. The average Bonchev–Trinajstić information content (AvgIpc) is 3.23. The lowest BCUT2D eigenvalue weighted by Gasteiger charge is -2.12. The van der Waals surface area contributed by atoms with Gasteiger partial charge < -0.3 is 9.88 Å². The largest absolute Gasteiger partial charge is 0.302 e. The number of hydrogen-bond donors (Lipinski definition) is 1. The van der Waals surface area contributed by atoms with Crippen molar-refractivity contribution in [2.45, 2.75) is 25.5 Å². The number of rotatable bonds is 7. The first-order valence-electron chi connectivity index (χ1n) is 7.79. The summed E-state index contributed by atoms with van der Waals surface area (Å²) in [6.45, 7) is 5.06. The molecule has 0 saturated carbocycles. The van der Waals surface area contributed by atoms with E-state index in [9.17, 15) is 4.79 Å². The van der Waals surface area contributed by atoms with Gasteiger partial charge in [-0.05, 0) is 18.1 Å². The van der Waals surface area contributed by atoms with Crippen molar-refractivity contribution in [2.24, 2.45) is 5.92 Å². The number of carbonyl (C=O) groups excluding carboxylic acids is 1. The molecule has 7 nitrogen and oxygen atoms in total. The molecule has 3 rings (SSSR count). The van der Waals surface area contributed by atoms with Crippen LogP contribution in [0.25, 0.3) is 11.4 Å². The lowest BCUT2D eigenvalue weighted by atomic mass is 10.2. The van der Waals surface area contributed by atoms with Crippen molar-refractivity contribution in [3.8, 4) is 11.4 Å². The summed E-state index contributed by atoms with van der Waals surface area (Å²) in [7, 11) is 0. The van der Waals surface area contributed by atoms with Crippen LogP contribution < -0.4 is 5.32 Å². The van der Waals surface area contributed by atoms with Crippen LogP contribution in [-0.4, -0.2) is 36.4 Å². The van der Waals surface area contributed by atoms with E-state index >= 15 is 0 Å². The molecule has 0 bridgehead atoms. The molecule has 25 heavy (non-hydrogen) atoms. The Labute approximate surface area is 153 Å². The van der Waals surface area contributed by atoms with Crippen molar-refractivity contribution >= 4 is 34.1 Å². The van der Waals surface area contributed by atoms with Gasteiger partial charge in [-0.1, -0.05) is 25.6 Å². The van der Waals surface area contributed by atoms with Crippen molar-refractivity contribution in [3.63, 3.8) is 0 Å². The highest BCUT2D eigenvalue weighted by Gasteiger charge is 2.16. The van der Waals surface area contributed by atoms with Crippen molar-refractivity contribution < 1.29 is 4.79 Å². The molecule has 0 unspecified atom stereocenters. The van der Waals surface area contributed by atoms with Gasteiger partial charge in [0.05, 0.1) is 5.75 Å². The Kier molecular flexibility index (Phi) is 5.77. The first kappa shape index (κ1) is 17.6. The molecule has 3 aromatic heterocycles. The van der Waals surface area contributed by atoms with Crippen LogP contribution in [0, 0.1) is 5.92 Å². The van der Waals surface area contributed by atoms with Crippen LogP contribution in [0.15, 0.2) is 41.3 Å². The smallest absolute Gasteiger partial charge is 0.236 e. The van der Waals surface area contributed by atoms with E-state index in [1.165, 1.54) is 23.1 Å². The molecule has 0 aliphatic carbocycles. The molecule has 0 fully saturated rings. The quantitative estimate of drug-likeness (QED) is 0.639. The summed E-state index contributed by atoms with van der Waals surface area (Å²) in [4.78, 5) is 20.2. The number of hydrogen-bond acceptors (Lipinski definition) is 7. The van der Waals surface area contributed by atoms with Gasteiger partial charge in [0.25, 0.3) is 0 Å². The zero-order chi connectivity index (χ0) is 17.6. The summed E-state index contributed by atoms with van der Waals surface area (Å²) < 4.78 is 2.06. The van der Waals surface area contributed by atoms with Crippen molar-refractivity contribution in [1.82, 2.24) is 24.7 Å². The Morgan fingerprint density at radius 3 is 2.76 bits per heavy atom. The van der Waals surface area contributed by atoms with E-state index in [1.807, 2.05) is 17.5 Å². The number of amides is 1. The zero-order valence-corrected chi connectivity index (χ0v) is 15.5. The second kappa shape index (κ2) is 8.21. The Morgan fingerprint density at radius 1 is 1.28 bits per heavy atom. The summed E-state index contributed by atoms with van der Waals surface area (Å²) >= 11 is 2.77. The molecule has 0 spiro atoms. The normalized spacial score (nSPS) is 11.0. The maximum Gasteiger partial charge on any atom is 0.236 e. The van der Waals surface area contributed by atoms with E-state index in [-0.39, 0.29) is 11.7 Å². The van der Waals surface area contributed by atoms with Gasteiger partial charge in [-0.3, -0.25) is 9.78 Å². The topological polar surface area (TPSA) is 85.6 Å². The molecular formula is C16H18N6OS2. The van der Waals surface area contributed by atoms with Crippen molar-refractivity contribution in [1.29, 1.82) is 0 Å². The number of thiazole rings is 1. The minimum Gasteiger partial charge on any atom is -0.302 e. The Morgan fingerprint density at radius 2 is 2.08 bits per heavy atom. The van der Waals surface area contributed by atoms with Gasteiger partial charge in [-0.2, -0.15) is 0 Å². The van der Waals surface area contributed by atoms with Crippen LogP contribution >= 0.6 is 23.1 Å². The van der Waals surface area contributed by atoms with E-state index in [2.05, 4.69) is 43.9 Å². The van der Waals surface area contributed by atoms with E-state index in [0.29, 0.717) is 11.0 Å². The average molecular weight is 374 g/mol. The number of pyridine rings is 1. The van der Waals surface area contributed by atoms with Gasteiger partial charge in [-0.15, -0.1) is 21.5 Å². The number of thioether (sulfide) groups is 1. The molecule has 0 aliphatic heterocycles. The number of anilines is 1. The molecule has 3 heterocycles. The van der Waals surface area contributed by atoms with E-state index in [0.717, 1.165) is 23.1 Å². The highest BCUT2D eigenvalue weighted by Crippen LogP contribution is 2.25. The zero-order valence-electron chi connectivity index (χ0n) is 13.9. The van der Waals surface area contributed by atoms with Crippen LogP contribution in [0.1, 0.15) is 13.8 Å². The summed E-state index contributed by atoms with van der Waals surface area (Å²) in [5.41, 5.74) is 0.960. The summed E-state index contributed by atoms with van der Waals surface area (Å²) in [5, 5.41) is 14.5. The molecule has 0 aromatic carbocycles. The van der Waals surface area contributed by atoms with Gasteiger partial charge in [0.2, 0.25) is 5.91 Å². The standard InChI is InChI=1S/C16H18N6OS2/c1-11(2)9-22-14(12-3-5-17-6-4-12)20-21-16(22)25-10-13(23)19-15-18-7-8-24-15/h3-8,11H,9-10H2,1-2H3,(H,18,19,23). The van der Waals surface area contributed by atoms with Gasteiger partial charge in [0.15, 0.2) is 16.1 Å². The third kappa shape index (κ3) is 4.64. The molecule has 0 radical (unpaired) electrons. The van der Waals surface area contributed by atoms with Crippen LogP contribution in [0.3, 0.4) is 0 Å². The first-order valence-corrected chi connectivity index (χ1v) is 9.65. The minimum atomic E-state index is -0.107. The fourth-order valence-electron chi connectivity index (χ4n) is 2.21. The molecule has 1 N–H and O–H groups in total. The molecule has 0 aliphatic rings. The van der Waals surface area contributed by atoms with Gasteiger partial charge in [-0.25, -0.2) is 4.98 Å². The lowest BCUT2D eigenvalue weighted by molar-refractivity contribution is -0.113. The monoisotopic (exact) mass is 374 g/mol. The second-order valence-electron chi connectivity index (χ2n) is 5.72. The highest BCUT2D eigenvalue weighted by atomic mass is 32.2. The van der Waals surface area contributed by atoms with Crippen LogP contribution in [-0.2, 0) is 11.3 Å². The van der Waals surface area contributed by atoms with E-state index in [1.54, 1.807) is 18.6 Å². The molecule has 130 valence electrons. The molecule has 3 aromatic rings. The highest BCUT2D eigenvalue weighted by molar-refractivity contribution is 7.99. The third-order valence-corrected chi connectivity index (χ3v) is 4.87. The minimum absolute atomic E-state index is 0.107. The Bertz CT molecular complexity index is 817. The predicted octanol–water partition coefficient (Wildman–Crippen LogP) is 3.18. The van der Waals surface area contributed by atoms with Crippen LogP contribution in [0.5, 0.6) is 0 Å². The second-order valence-corrected chi connectivity index (χ2v) is 7.56. The number of aromatic nitrogens is 5. The third-order valence-electron chi connectivity index (χ3n) is 3.21. The fourth-order valence-corrected chi connectivity index (χ4v) is 3.50. The Hall–Kier alpha value is -2.26. The fraction of sp³-hybridized carbons (Fsp3) is 0.312. The molecule has 0 atom stereocenters.